The summed E-state index contributed by atoms with van der Waals surface area (Å²) in [7, 11) is -1.24. The van der Waals surface area contributed by atoms with Crippen LogP contribution in [0.15, 0.2) is 71.1 Å². The maximum atomic E-state index is 12.5. The van der Waals surface area contributed by atoms with Crippen LogP contribution in [0.1, 0.15) is 314 Å². The summed E-state index contributed by atoms with van der Waals surface area (Å²) in [5.74, 6) is 4.73. The fourth-order valence-electron chi connectivity index (χ4n) is 15.9. The van der Waals surface area contributed by atoms with E-state index in [2.05, 4.69) is 30.9 Å². The van der Waals surface area contributed by atoms with Crippen molar-refractivity contribution in [3.63, 3.8) is 0 Å². The van der Waals surface area contributed by atoms with Crippen molar-refractivity contribution in [1.29, 1.82) is 0 Å². The number of nitrogens with zero attached hydrogens (tertiary/aromatic N) is 5. The second-order valence-electron chi connectivity index (χ2n) is 42.6. The number of nitrogens with two attached hydrogens (primary N) is 1. The second kappa shape index (κ2) is 65.2. The smallest absolute Gasteiger partial charge is 1.00 e. The summed E-state index contributed by atoms with van der Waals surface area (Å²) in [6.07, 6.45) is 32.4. The maximum Gasteiger partial charge on any atom is 2.00 e. The van der Waals surface area contributed by atoms with Crippen LogP contribution in [0.25, 0.3) is 0 Å². The Hall–Kier alpha value is -3.92. The molecular formula is C101H162BrCl6MgN9O18S5. The van der Waals surface area contributed by atoms with Gasteiger partial charge in [0, 0.05) is 115 Å². The van der Waals surface area contributed by atoms with E-state index in [0.29, 0.717) is 103 Å². The number of hydrogen-bond donors (Lipinski definition) is 6. The van der Waals surface area contributed by atoms with Crippen LogP contribution in [-0.2, 0) is 45.7 Å². The van der Waals surface area contributed by atoms with Crippen molar-refractivity contribution in [2.45, 2.75) is 341 Å². The predicted molar refractivity (Wildman–Crippen MR) is 577 cm³/mol. The predicted octanol–water partition coefficient (Wildman–Crippen LogP) is 21.4. The van der Waals surface area contributed by atoms with Gasteiger partial charge in [-0.05, 0) is 355 Å². The third-order valence-electron chi connectivity index (χ3n) is 23.8. The minimum absolute atomic E-state index is 0. The summed E-state index contributed by atoms with van der Waals surface area (Å²) < 4.78 is 64.3. The number of para-hydroxylation sites is 1. The first-order valence-electron chi connectivity index (χ1n) is 49.0. The number of piperidine rings is 4. The van der Waals surface area contributed by atoms with Gasteiger partial charge in [-0.1, -0.05) is 72.3 Å². The zero-order valence-electron chi connectivity index (χ0n) is 86.5. The van der Waals surface area contributed by atoms with E-state index in [1.54, 1.807) is 64.5 Å². The zero-order valence-corrected chi connectivity index (χ0v) is 98.2. The molecule has 27 nitrogen and oxygen atoms in total. The molecule has 0 radical (unpaired) electrons. The number of aliphatic hydroxyl groups is 1. The van der Waals surface area contributed by atoms with Gasteiger partial charge in [0.2, 0.25) is 0 Å². The van der Waals surface area contributed by atoms with Gasteiger partial charge in [0.05, 0.1) is 43.2 Å². The molecule has 0 spiro atoms. The van der Waals surface area contributed by atoms with Gasteiger partial charge in [-0.15, -0.1) is 58.8 Å². The molecule has 800 valence electrons. The SMILES string of the molecule is C1CCOC1.CC(C)(C)OC(=O)N1CCC(C=N[S@@](=O)C(C)(C)C)CC1.CC(C)(C)OC(=O)N1CCC([C@H](N)C2CC2)CC1.CC(C)(C)OC(=O)N1CCC([C@H](NC(=O)c2ccc(Cl)s2)C2CC2)CC1.CC(C)(C)OC(=O)N1CCC([C@H](N[S@@](=O)C(C)(C)C)C2CC2)CC1.CO.Cl.Cl.O=C(Cl)Oc1ccccc1.O=C(N[C@@H](C1CCCCC1)C1CC1)c1ccc(Cl)s1.O=C(O)c1ccc(Cl)s1.[Br-].[CH-]1CC1.[Mg+2]. The Morgan fingerprint density at radius 1 is 0.454 bits per heavy atom. The molecule has 3 aromatic heterocycles. The average Bonchev–Trinajstić information content (AvgIpc) is 1.68. The van der Waals surface area contributed by atoms with Crippen molar-refractivity contribution in [2.75, 3.05) is 72.7 Å². The van der Waals surface area contributed by atoms with E-state index in [1.807, 2.05) is 147 Å². The number of halogens is 7. The molecule has 11 fully saturated rings. The molecule has 15 rings (SSSR count). The molecule has 0 bridgehead atoms. The third kappa shape index (κ3) is 55.4. The molecule has 0 unspecified atom stereocenters. The van der Waals surface area contributed by atoms with Crippen molar-refractivity contribution in [2.24, 2.45) is 63.4 Å². The van der Waals surface area contributed by atoms with Gasteiger partial charge in [-0.3, -0.25) is 9.59 Å². The number of thiophene rings is 3. The molecule has 4 aromatic rings. The molecule has 6 aliphatic carbocycles. The Balaban J connectivity index is 0.000000553. The van der Waals surface area contributed by atoms with Crippen LogP contribution < -0.4 is 42.8 Å². The van der Waals surface area contributed by atoms with Gasteiger partial charge < -0.3 is 98.0 Å². The van der Waals surface area contributed by atoms with Crippen LogP contribution in [0.4, 0.5) is 24.0 Å². The Morgan fingerprint density at radius 2 is 0.759 bits per heavy atom. The number of carboxylic acid groups (broad SMARTS) is 1. The number of nitrogens with one attached hydrogen (secondary N) is 3. The van der Waals surface area contributed by atoms with Gasteiger partial charge in [-0.2, -0.15) is 4.40 Å². The topological polar surface area (TPSA) is 354 Å². The number of benzene rings is 1. The Kier molecular flexibility index (Phi) is 61.6. The van der Waals surface area contributed by atoms with Gasteiger partial charge in [0.1, 0.15) is 44.0 Å². The van der Waals surface area contributed by atoms with E-state index in [0.717, 1.165) is 126 Å². The molecule has 40 heteroatoms. The maximum absolute atomic E-state index is 12.5. The number of amides is 6. The summed E-state index contributed by atoms with van der Waals surface area (Å²) in [5, 5.41) is 21.9. The number of hydrogen-bond acceptors (Lipinski definition) is 21. The molecule has 6 saturated carbocycles. The van der Waals surface area contributed by atoms with Crippen LogP contribution in [0.2, 0.25) is 13.0 Å². The fourth-order valence-corrected chi connectivity index (χ4v) is 20.3. The number of carbonyl (C=O) groups excluding carboxylic acids is 7. The number of carbonyl (C=O) groups is 8. The van der Waals surface area contributed by atoms with Crippen molar-refractivity contribution < 1.29 is 102 Å². The van der Waals surface area contributed by atoms with Crippen LogP contribution in [0, 0.1) is 59.7 Å². The van der Waals surface area contributed by atoms with Crippen molar-refractivity contribution in [1.82, 2.24) is 35.0 Å². The number of aromatic carboxylic acids is 1. The molecule has 5 aliphatic heterocycles. The normalized spacial score (nSPS) is 19.2. The molecule has 6 amide bonds. The number of rotatable bonds is 18. The molecular weight excluding hydrogens is 2100 g/mol. The number of carboxylic acids is 1. The van der Waals surface area contributed by atoms with E-state index in [4.69, 9.17) is 86.0 Å². The first-order chi connectivity index (χ1) is 64.3. The second-order valence-corrected chi connectivity index (χ2v) is 52.0. The first-order valence-corrected chi connectivity index (χ1v) is 55.2. The van der Waals surface area contributed by atoms with E-state index >= 15 is 0 Å². The number of ether oxygens (including phenoxy) is 6. The largest absolute Gasteiger partial charge is 2.00 e. The first kappa shape index (κ1) is 133. The molecule has 6 atom stereocenters. The Bertz CT molecular complexity index is 4380. The van der Waals surface area contributed by atoms with Crippen LogP contribution >= 0.6 is 105 Å². The third-order valence-corrected chi connectivity index (χ3v) is 30.5. The molecule has 11 aliphatic rings. The van der Waals surface area contributed by atoms with E-state index in [1.165, 1.54) is 138 Å². The summed E-state index contributed by atoms with van der Waals surface area (Å²) in [6.45, 7) is 42.1. The summed E-state index contributed by atoms with van der Waals surface area (Å²) in [6, 6.07) is 20.1. The number of aliphatic hydroxyl groups excluding tert-OH is 1. The summed E-state index contributed by atoms with van der Waals surface area (Å²) >= 11 is 26.0. The van der Waals surface area contributed by atoms with Gasteiger partial charge >= 0.3 is 58.8 Å². The van der Waals surface area contributed by atoms with Crippen molar-refractivity contribution in [3.05, 3.63) is 101 Å². The quantitative estimate of drug-likeness (QED) is 0.0177. The summed E-state index contributed by atoms with van der Waals surface area (Å²) in [4.78, 5) is 102. The van der Waals surface area contributed by atoms with Gasteiger partial charge in [0.15, 0.2) is 0 Å². The monoisotopic (exact) mass is 2260 g/mol. The Labute approximate surface area is 917 Å². The number of likely N-dealkylation sites (tertiary alicyclic amines) is 4. The van der Waals surface area contributed by atoms with Crippen LogP contribution in [0.5, 0.6) is 5.75 Å². The van der Waals surface area contributed by atoms with E-state index in [-0.39, 0.29) is 127 Å². The van der Waals surface area contributed by atoms with E-state index < -0.39 is 55.8 Å². The molecule has 141 heavy (non-hydrogen) atoms. The van der Waals surface area contributed by atoms with Gasteiger partial charge in [0.25, 0.3) is 11.8 Å². The molecule has 7 N–H and O–H groups in total. The molecule has 8 heterocycles. The Morgan fingerprint density at radius 3 is 1.04 bits per heavy atom. The van der Waals surface area contributed by atoms with Gasteiger partial charge in [-0.25, -0.2) is 54.7 Å². The fraction of sp³-hybridized carbons (Fsp3) is 0.723. The van der Waals surface area contributed by atoms with Crippen molar-refractivity contribution in [3.8, 4) is 5.75 Å². The summed E-state index contributed by atoms with van der Waals surface area (Å²) in [5.41, 5.74) is 3.64. The minimum atomic E-state index is -1.21. The average molecular weight is 2270 g/mol. The van der Waals surface area contributed by atoms with E-state index in [9.17, 15) is 46.8 Å². The molecule has 1 aromatic carbocycles. The van der Waals surface area contributed by atoms with Crippen molar-refractivity contribution >= 4 is 204 Å². The van der Waals surface area contributed by atoms with Crippen LogP contribution in [-0.4, -0.2) is 244 Å². The standard InChI is InChI=1S/C19H27ClN2O3S.C18H34N2O3S.C15H20ClNOS.C15H28N2O3S.C14H26N2O2.C7H5ClO2.C5H3ClO2S.C4H8O.C3H5.CH4O.BrH.2ClH.Mg/c1-19(2,3)25-18(24)22-10-8-13(9-11-22)16(12-4-5-12)21-17(23)14-6-7-15(20)26-14;1-17(2,3)23-16(21)20-11-9-14(10-12-20)15(13-7-8-13)19-24(22)18(4,5)6;16-13-9-8-12(19-13)15(18)17-14(11-6-7-11)10-4-2-1-3-5-10;1-14(2,3)20-13(18)17-9-7-12(8-10-17)11-16-21(19)15(4,5)6;1-14(2,3)18-13(17)16-8-6-11(7-9-16)12(15)10-4-5-10;8-7(9)10-6-4-2-1-3-5-6;6-4-2-1-3(9-4)5(7)8;1-2-4-5-3-1;1-2-3-1;1-2;;;;/h6-7,12-13,16H,4-5,8-11H2,1-3H3,(H,21,23);13-15,19H,7-12H2,1-6H3;8-11,14H,1-7H2,(H,17,18);11-12H,7-10H2,1-6H3;10-12H,4-9,15H2,1-3H3;1-5H;1-2H,(H,7,8);1-4H2;1H,2-3H2;2H,1H3;3*1H;/q;;;;;;;;-1;;;;;+2/p-1/t16-;15-,24+;14-;21-;12-;;;;;;;;;/m11001........./s1. The van der Waals surface area contributed by atoms with Crippen LogP contribution in [0.3, 0.4) is 0 Å². The minimum Gasteiger partial charge on any atom is -1.00 e. The molecule has 5 saturated heterocycles. The zero-order chi connectivity index (χ0) is 102.